The molecule has 1 saturated heterocycles. The van der Waals surface area contributed by atoms with Crippen LogP contribution in [0.5, 0.6) is 0 Å². The predicted octanol–water partition coefficient (Wildman–Crippen LogP) is 0.288. The lowest BCUT2D eigenvalue weighted by molar-refractivity contribution is -0.141. The summed E-state index contributed by atoms with van der Waals surface area (Å²) in [4.78, 5) is 10.5. The van der Waals surface area contributed by atoms with Gasteiger partial charge in [0.2, 0.25) is 0 Å². The van der Waals surface area contributed by atoms with Crippen molar-refractivity contribution in [2.24, 2.45) is 5.92 Å². The molecule has 1 aliphatic heterocycles. The summed E-state index contributed by atoms with van der Waals surface area (Å²) in [6.07, 6.45) is 0.349. The Morgan fingerprint density at radius 3 is 2.85 bits per heavy atom. The summed E-state index contributed by atoms with van der Waals surface area (Å²) in [6, 6.07) is -0.268. The largest absolute Gasteiger partial charge is 0.481 e. The molecule has 0 saturated carbocycles. The maximum atomic E-state index is 11.6. The zero-order valence-electron chi connectivity index (χ0n) is 6.87. The van der Waals surface area contributed by atoms with E-state index in [0.717, 1.165) is 0 Å². The molecule has 4 nitrogen and oxygen atoms in total. The Morgan fingerprint density at radius 1 is 1.69 bits per heavy atom. The Morgan fingerprint density at radius 2 is 2.38 bits per heavy atom. The van der Waals surface area contributed by atoms with Crippen molar-refractivity contribution < 1.29 is 23.4 Å². The third kappa shape index (κ3) is 3.23. The second-order valence-corrected chi connectivity index (χ2v) is 2.97. The molecular weight excluding hydrogens is 184 g/mol. The second-order valence-electron chi connectivity index (χ2n) is 2.97. The maximum Gasteiger partial charge on any atom is 0.345 e. The van der Waals surface area contributed by atoms with Crippen LogP contribution in [0.3, 0.4) is 0 Å². The molecule has 1 fully saturated rings. The monoisotopic (exact) mass is 195 g/mol. The maximum absolute atomic E-state index is 11.6. The van der Waals surface area contributed by atoms with Gasteiger partial charge in [-0.2, -0.15) is 8.78 Å². The van der Waals surface area contributed by atoms with Gasteiger partial charge in [0.25, 0.3) is 0 Å². The summed E-state index contributed by atoms with van der Waals surface area (Å²) in [7, 11) is 0. The topological polar surface area (TPSA) is 58.6 Å². The highest BCUT2D eigenvalue weighted by Gasteiger charge is 2.29. The highest BCUT2D eigenvalue weighted by Crippen LogP contribution is 2.14. The minimum absolute atomic E-state index is 0.137. The molecule has 0 unspecified atom stereocenters. The molecule has 0 radical (unpaired) electrons. The van der Waals surface area contributed by atoms with Gasteiger partial charge in [0, 0.05) is 12.6 Å². The van der Waals surface area contributed by atoms with E-state index >= 15 is 0 Å². The number of carboxylic acids is 1. The SMILES string of the molecule is O=C(O)[C@H]1CN[C@H](COC(F)F)C1. The standard InChI is InChI=1S/C7H11F2NO3/c8-7(9)13-3-5-1-4(2-10-5)6(11)12/h4-5,7,10H,1-3H2,(H,11,12)/t4-,5+/m1/s1. The molecule has 0 bridgehead atoms. The van der Waals surface area contributed by atoms with Crippen LogP contribution < -0.4 is 5.32 Å². The average Bonchev–Trinajstić information content (AvgIpc) is 2.48. The molecule has 6 heteroatoms. The lowest BCUT2D eigenvalue weighted by atomic mass is 10.1. The number of nitrogens with one attached hydrogen (secondary N) is 1. The molecule has 13 heavy (non-hydrogen) atoms. The van der Waals surface area contributed by atoms with Gasteiger partial charge in [0.15, 0.2) is 0 Å². The molecule has 0 amide bonds. The zero-order chi connectivity index (χ0) is 9.84. The second kappa shape index (κ2) is 4.48. The molecule has 0 aromatic heterocycles. The van der Waals surface area contributed by atoms with Crippen molar-refractivity contribution in [2.75, 3.05) is 13.2 Å². The number of rotatable bonds is 4. The van der Waals surface area contributed by atoms with Gasteiger partial charge >= 0.3 is 12.6 Å². The Balaban J connectivity index is 2.21. The smallest absolute Gasteiger partial charge is 0.345 e. The van der Waals surface area contributed by atoms with Gasteiger partial charge in [0.1, 0.15) is 0 Å². The van der Waals surface area contributed by atoms with Gasteiger partial charge < -0.3 is 15.2 Å². The van der Waals surface area contributed by atoms with Gasteiger partial charge in [-0.1, -0.05) is 0 Å². The highest BCUT2D eigenvalue weighted by molar-refractivity contribution is 5.70. The van der Waals surface area contributed by atoms with Gasteiger partial charge in [0.05, 0.1) is 12.5 Å². The van der Waals surface area contributed by atoms with E-state index in [1.54, 1.807) is 0 Å². The Bertz CT molecular complexity index is 189. The molecule has 1 aliphatic rings. The van der Waals surface area contributed by atoms with E-state index in [-0.39, 0.29) is 12.6 Å². The van der Waals surface area contributed by atoms with Crippen molar-refractivity contribution in [3.63, 3.8) is 0 Å². The van der Waals surface area contributed by atoms with Crippen LogP contribution in [0.2, 0.25) is 0 Å². The summed E-state index contributed by atoms with van der Waals surface area (Å²) in [5.41, 5.74) is 0. The first-order valence-corrected chi connectivity index (χ1v) is 3.95. The first-order chi connectivity index (χ1) is 6.09. The van der Waals surface area contributed by atoms with Crippen LogP contribution in [0.1, 0.15) is 6.42 Å². The van der Waals surface area contributed by atoms with E-state index in [0.29, 0.717) is 13.0 Å². The first-order valence-electron chi connectivity index (χ1n) is 3.95. The summed E-state index contributed by atoms with van der Waals surface area (Å²) in [5.74, 6) is -1.38. The van der Waals surface area contributed by atoms with Crippen molar-refractivity contribution in [3.05, 3.63) is 0 Å². The van der Waals surface area contributed by atoms with Gasteiger partial charge in [-0.05, 0) is 6.42 Å². The van der Waals surface area contributed by atoms with Crippen molar-refractivity contribution >= 4 is 5.97 Å². The van der Waals surface area contributed by atoms with E-state index in [2.05, 4.69) is 10.1 Å². The van der Waals surface area contributed by atoms with Gasteiger partial charge in [-0.3, -0.25) is 4.79 Å². The lowest BCUT2D eigenvalue weighted by Crippen LogP contribution is -2.27. The number of carboxylic acid groups (broad SMARTS) is 1. The summed E-state index contributed by atoms with van der Waals surface area (Å²) >= 11 is 0. The lowest BCUT2D eigenvalue weighted by Gasteiger charge is -2.09. The van der Waals surface area contributed by atoms with Crippen LogP contribution in [-0.4, -0.2) is 36.9 Å². The van der Waals surface area contributed by atoms with Crippen molar-refractivity contribution in [3.8, 4) is 0 Å². The fourth-order valence-electron chi connectivity index (χ4n) is 1.32. The normalized spacial score (nSPS) is 28.2. The average molecular weight is 195 g/mol. The molecule has 1 rings (SSSR count). The molecule has 76 valence electrons. The van der Waals surface area contributed by atoms with E-state index in [1.807, 2.05) is 0 Å². The van der Waals surface area contributed by atoms with Crippen LogP contribution in [-0.2, 0) is 9.53 Å². The highest BCUT2D eigenvalue weighted by atomic mass is 19.3. The predicted molar refractivity (Wildman–Crippen MR) is 39.5 cm³/mol. The van der Waals surface area contributed by atoms with Crippen LogP contribution >= 0.6 is 0 Å². The molecule has 1 heterocycles. The number of ether oxygens (including phenoxy) is 1. The third-order valence-electron chi connectivity index (χ3n) is 1.99. The van der Waals surface area contributed by atoms with E-state index < -0.39 is 18.5 Å². The molecule has 2 atom stereocenters. The molecule has 0 aromatic rings. The number of halogens is 2. The molecule has 0 aliphatic carbocycles. The van der Waals surface area contributed by atoms with E-state index in [4.69, 9.17) is 5.11 Å². The number of hydrogen-bond acceptors (Lipinski definition) is 3. The quantitative estimate of drug-likeness (QED) is 0.676. The van der Waals surface area contributed by atoms with Gasteiger partial charge in [-0.25, -0.2) is 0 Å². The van der Waals surface area contributed by atoms with Crippen LogP contribution in [0.15, 0.2) is 0 Å². The third-order valence-corrected chi connectivity index (χ3v) is 1.99. The minimum Gasteiger partial charge on any atom is -0.481 e. The summed E-state index contributed by atoms with van der Waals surface area (Å²) in [5, 5.41) is 11.4. The van der Waals surface area contributed by atoms with E-state index in [1.165, 1.54) is 0 Å². The number of alkyl halides is 2. The number of hydrogen-bond donors (Lipinski definition) is 2. The van der Waals surface area contributed by atoms with Crippen molar-refractivity contribution in [1.29, 1.82) is 0 Å². The molecule has 2 N–H and O–H groups in total. The van der Waals surface area contributed by atoms with Crippen LogP contribution in [0.4, 0.5) is 8.78 Å². The fraction of sp³-hybridized carbons (Fsp3) is 0.857. The molecular formula is C7H11F2NO3. The molecule has 0 spiro atoms. The summed E-state index contributed by atoms with van der Waals surface area (Å²) in [6.45, 7) is -2.60. The van der Waals surface area contributed by atoms with Crippen LogP contribution in [0.25, 0.3) is 0 Å². The first kappa shape index (κ1) is 10.3. The Kier molecular flexibility index (Phi) is 3.56. The summed E-state index contributed by atoms with van der Waals surface area (Å²) < 4.78 is 27.2. The fourth-order valence-corrected chi connectivity index (χ4v) is 1.32. The van der Waals surface area contributed by atoms with Crippen molar-refractivity contribution in [1.82, 2.24) is 5.32 Å². The Labute approximate surface area is 73.9 Å². The minimum atomic E-state index is -2.79. The van der Waals surface area contributed by atoms with Crippen molar-refractivity contribution in [2.45, 2.75) is 19.1 Å². The zero-order valence-corrected chi connectivity index (χ0v) is 6.87. The molecule has 0 aromatic carbocycles. The van der Waals surface area contributed by atoms with Gasteiger partial charge in [-0.15, -0.1) is 0 Å². The Hall–Kier alpha value is -0.750. The van der Waals surface area contributed by atoms with Crippen LogP contribution in [0, 0.1) is 5.92 Å². The number of carbonyl (C=O) groups is 1. The van der Waals surface area contributed by atoms with E-state index in [9.17, 15) is 13.6 Å². The number of aliphatic carboxylic acids is 1.